The van der Waals surface area contributed by atoms with E-state index in [1.54, 1.807) is 13.8 Å². The van der Waals surface area contributed by atoms with Crippen molar-refractivity contribution in [1.29, 1.82) is 0 Å². The number of esters is 1. The summed E-state index contributed by atoms with van der Waals surface area (Å²) < 4.78 is 9.95. The molecule has 9 heteroatoms. The summed E-state index contributed by atoms with van der Waals surface area (Å²) in [6.45, 7) is 3.27. The maximum atomic E-state index is 12.0. The normalized spacial score (nSPS) is 12.8. The van der Waals surface area contributed by atoms with E-state index in [0.29, 0.717) is 6.21 Å². The molecule has 0 aliphatic heterocycles. The number of nitrogens with zero attached hydrogens (tertiary/aromatic N) is 2. The molecular weight excluding hydrogens is 318 g/mol. The largest absolute Gasteiger partial charge is 0.466 e. The van der Waals surface area contributed by atoms with Gasteiger partial charge in [-0.25, -0.2) is 4.79 Å². The van der Waals surface area contributed by atoms with E-state index in [4.69, 9.17) is 14.7 Å². The zero-order chi connectivity index (χ0) is 18.1. The van der Waals surface area contributed by atoms with Crippen LogP contribution in [-0.2, 0) is 19.1 Å². The summed E-state index contributed by atoms with van der Waals surface area (Å²) in [5.74, 6) is -2.11. The standard InChI is InChI=1S/C15H19N3O6/c1-9(2)24-15(22)11(6-5-10(19)8-17-16)18-14(21)13(20)12-4-3-7-23-12/h3-4,7-9,11,13,20H,5-6H2,1-2H3,(H,18,21)/t11-,13+/m0/s1. The maximum Gasteiger partial charge on any atom is 0.328 e. The van der Waals surface area contributed by atoms with Crippen molar-refractivity contribution in [2.24, 2.45) is 0 Å². The first-order valence-electron chi connectivity index (χ1n) is 7.27. The second-order valence-electron chi connectivity index (χ2n) is 5.21. The number of Topliss-reactive ketones (excluding diaryl/α,β-unsaturated/α-hetero) is 1. The van der Waals surface area contributed by atoms with E-state index in [2.05, 4.69) is 10.1 Å². The molecule has 0 fully saturated rings. The zero-order valence-electron chi connectivity index (χ0n) is 13.3. The summed E-state index contributed by atoms with van der Waals surface area (Å²) in [6.07, 6.45) is -0.245. The van der Waals surface area contributed by atoms with Gasteiger partial charge in [-0.15, -0.1) is 0 Å². The Bertz CT molecular complexity index is 619. The van der Waals surface area contributed by atoms with Gasteiger partial charge in [-0.1, -0.05) is 0 Å². The van der Waals surface area contributed by atoms with Crippen LogP contribution in [0.25, 0.3) is 5.53 Å². The highest BCUT2D eigenvalue weighted by molar-refractivity contribution is 6.25. The molecule has 0 aromatic carbocycles. The molecule has 2 atom stereocenters. The minimum atomic E-state index is -1.59. The molecule has 9 nitrogen and oxygen atoms in total. The lowest BCUT2D eigenvalue weighted by Crippen LogP contribution is -2.44. The lowest BCUT2D eigenvalue weighted by Gasteiger charge is -2.19. The Kier molecular flexibility index (Phi) is 7.54. The van der Waals surface area contributed by atoms with Gasteiger partial charge >= 0.3 is 12.2 Å². The van der Waals surface area contributed by atoms with Gasteiger partial charge in [0, 0.05) is 6.42 Å². The van der Waals surface area contributed by atoms with E-state index < -0.39 is 35.9 Å². The lowest BCUT2D eigenvalue weighted by molar-refractivity contribution is -0.152. The van der Waals surface area contributed by atoms with Gasteiger partial charge in [0.2, 0.25) is 5.78 Å². The molecule has 0 aliphatic carbocycles. The SMILES string of the molecule is CC(C)OC(=O)[C@H](CCC(=O)C=[N+]=[N-])NC(=O)[C@H](O)c1ccco1. The van der Waals surface area contributed by atoms with Crippen LogP contribution in [0.3, 0.4) is 0 Å². The number of hydrogen-bond donors (Lipinski definition) is 2. The van der Waals surface area contributed by atoms with E-state index in [1.165, 1.54) is 18.4 Å². The molecule has 0 saturated heterocycles. The maximum absolute atomic E-state index is 12.0. The van der Waals surface area contributed by atoms with Crippen LogP contribution in [0.5, 0.6) is 0 Å². The fourth-order valence-corrected chi connectivity index (χ4v) is 1.81. The Labute approximate surface area is 138 Å². The van der Waals surface area contributed by atoms with E-state index in [-0.39, 0.29) is 18.6 Å². The predicted octanol–water partition coefficient (Wildman–Crippen LogP) is 0.399. The highest BCUT2D eigenvalue weighted by atomic mass is 16.5. The summed E-state index contributed by atoms with van der Waals surface area (Å²) in [5.41, 5.74) is 8.30. The average Bonchev–Trinajstić information content (AvgIpc) is 3.04. The summed E-state index contributed by atoms with van der Waals surface area (Å²) in [4.78, 5) is 38.0. The third-order valence-corrected chi connectivity index (χ3v) is 2.90. The summed E-state index contributed by atoms with van der Waals surface area (Å²) in [5, 5.41) is 12.2. The van der Waals surface area contributed by atoms with Gasteiger partial charge in [0.15, 0.2) is 6.10 Å². The number of rotatable bonds is 9. The van der Waals surface area contributed by atoms with Gasteiger partial charge in [-0.3, -0.25) is 9.59 Å². The highest BCUT2D eigenvalue weighted by Crippen LogP contribution is 2.14. The van der Waals surface area contributed by atoms with Crippen LogP contribution >= 0.6 is 0 Å². The molecule has 0 unspecified atom stereocenters. The van der Waals surface area contributed by atoms with E-state index >= 15 is 0 Å². The minimum absolute atomic E-state index is 0.0203. The Hall–Kier alpha value is -2.77. The van der Waals surface area contributed by atoms with Crippen molar-refractivity contribution < 1.29 is 33.4 Å². The van der Waals surface area contributed by atoms with E-state index in [0.717, 1.165) is 0 Å². The number of amides is 1. The second kappa shape index (κ2) is 9.39. The molecule has 130 valence electrons. The van der Waals surface area contributed by atoms with Crippen molar-refractivity contribution in [2.45, 2.75) is 44.9 Å². The lowest BCUT2D eigenvalue weighted by atomic mass is 10.1. The number of aliphatic hydroxyl groups excluding tert-OH is 1. The molecule has 1 rings (SSSR count). The van der Waals surface area contributed by atoms with Crippen LogP contribution < -0.4 is 5.32 Å². The Balaban J connectivity index is 2.76. The first kappa shape index (κ1) is 19.3. The second-order valence-corrected chi connectivity index (χ2v) is 5.21. The van der Waals surface area contributed by atoms with Crippen molar-refractivity contribution in [2.75, 3.05) is 0 Å². The van der Waals surface area contributed by atoms with Crippen molar-refractivity contribution in [3.63, 3.8) is 0 Å². The molecular formula is C15H19N3O6. The number of nitrogens with one attached hydrogen (secondary N) is 1. The van der Waals surface area contributed by atoms with Gasteiger partial charge in [-0.2, -0.15) is 4.79 Å². The fraction of sp³-hybridized carbons (Fsp3) is 0.467. The molecule has 1 amide bonds. The minimum Gasteiger partial charge on any atom is -0.466 e. The molecule has 0 aliphatic rings. The molecule has 1 aromatic rings. The summed E-state index contributed by atoms with van der Waals surface area (Å²) >= 11 is 0. The van der Waals surface area contributed by atoms with Crippen LogP contribution in [0.1, 0.15) is 38.6 Å². The molecule has 0 radical (unpaired) electrons. The van der Waals surface area contributed by atoms with Crippen LogP contribution in [0.15, 0.2) is 22.8 Å². The third kappa shape index (κ3) is 6.15. The number of aliphatic hydroxyl groups is 1. The molecule has 0 spiro atoms. The number of carbonyl (C=O) groups is 3. The average molecular weight is 337 g/mol. The molecule has 24 heavy (non-hydrogen) atoms. The van der Waals surface area contributed by atoms with Crippen molar-refractivity contribution in [1.82, 2.24) is 5.32 Å². The number of carbonyl (C=O) groups excluding carboxylic acids is 3. The van der Waals surface area contributed by atoms with Crippen LogP contribution in [0.2, 0.25) is 0 Å². The van der Waals surface area contributed by atoms with Crippen molar-refractivity contribution in [3.8, 4) is 0 Å². The molecule has 0 bridgehead atoms. The predicted molar refractivity (Wildman–Crippen MR) is 80.8 cm³/mol. The van der Waals surface area contributed by atoms with Crippen molar-refractivity contribution >= 4 is 23.9 Å². The van der Waals surface area contributed by atoms with E-state index in [1.807, 2.05) is 0 Å². The monoisotopic (exact) mass is 337 g/mol. The van der Waals surface area contributed by atoms with Crippen LogP contribution in [-0.4, -0.2) is 45.9 Å². The molecule has 1 aromatic heterocycles. The van der Waals surface area contributed by atoms with Gasteiger partial charge in [-0.05, 0) is 32.4 Å². The van der Waals surface area contributed by atoms with Gasteiger partial charge < -0.3 is 25.1 Å². The van der Waals surface area contributed by atoms with E-state index in [9.17, 15) is 19.5 Å². The topological polar surface area (TPSA) is 142 Å². The first-order valence-corrected chi connectivity index (χ1v) is 7.27. The Morgan fingerprint density at radius 3 is 2.71 bits per heavy atom. The summed E-state index contributed by atoms with van der Waals surface area (Å²) in [6, 6.07) is 1.77. The van der Waals surface area contributed by atoms with Crippen molar-refractivity contribution in [3.05, 3.63) is 29.7 Å². The number of hydrogen-bond acceptors (Lipinski definition) is 6. The third-order valence-electron chi connectivity index (χ3n) is 2.90. The quantitative estimate of drug-likeness (QED) is 0.289. The van der Waals surface area contributed by atoms with Crippen LogP contribution in [0, 0.1) is 0 Å². The number of ketones is 1. The van der Waals surface area contributed by atoms with Gasteiger partial charge in [0.05, 0.1) is 12.4 Å². The van der Waals surface area contributed by atoms with Gasteiger partial charge in [0.25, 0.3) is 5.91 Å². The summed E-state index contributed by atoms with van der Waals surface area (Å²) in [7, 11) is 0. The molecule has 0 saturated carbocycles. The first-order chi connectivity index (χ1) is 11.3. The molecule has 2 N–H and O–H groups in total. The number of furan rings is 1. The smallest absolute Gasteiger partial charge is 0.328 e. The molecule has 1 heterocycles. The highest BCUT2D eigenvalue weighted by Gasteiger charge is 2.28. The zero-order valence-corrected chi connectivity index (χ0v) is 13.3. The van der Waals surface area contributed by atoms with Gasteiger partial charge in [0.1, 0.15) is 11.8 Å². The fourth-order valence-electron chi connectivity index (χ4n) is 1.81. The Morgan fingerprint density at radius 2 is 2.17 bits per heavy atom. The number of ether oxygens (including phenoxy) is 1. The van der Waals surface area contributed by atoms with Crippen LogP contribution in [0.4, 0.5) is 0 Å². The Morgan fingerprint density at radius 1 is 1.46 bits per heavy atom.